The van der Waals surface area contributed by atoms with E-state index >= 15 is 0 Å². The number of hydrogen-bond acceptors (Lipinski definition) is 4. The van der Waals surface area contributed by atoms with Gasteiger partial charge in [0.1, 0.15) is 0 Å². The molecular formula is C13H19FN2O3. The predicted molar refractivity (Wildman–Crippen MR) is 69.5 cm³/mol. The maximum Gasteiger partial charge on any atom is 0.257 e. The van der Waals surface area contributed by atoms with Crippen LogP contribution in [0.5, 0.6) is 5.75 Å². The van der Waals surface area contributed by atoms with Crippen molar-refractivity contribution in [2.45, 2.75) is 6.54 Å². The molecule has 0 aliphatic carbocycles. The Balaban J connectivity index is 2.47. The van der Waals surface area contributed by atoms with Crippen LogP contribution < -0.4 is 15.4 Å². The van der Waals surface area contributed by atoms with E-state index in [-0.39, 0.29) is 18.3 Å². The number of halogens is 1. The Morgan fingerprint density at radius 1 is 1.42 bits per heavy atom. The van der Waals surface area contributed by atoms with Crippen LogP contribution in [0.3, 0.4) is 0 Å². The Hall–Kier alpha value is -1.66. The summed E-state index contributed by atoms with van der Waals surface area (Å²) in [6, 6.07) is 4.66. The number of hydrogen-bond donors (Lipinski definition) is 2. The number of nitrogens with one attached hydrogen (secondary N) is 2. The van der Waals surface area contributed by atoms with Crippen molar-refractivity contribution < 1.29 is 18.7 Å². The van der Waals surface area contributed by atoms with Crippen molar-refractivity contribution in [2.75, 3.05) is 33.9 Å². The summed E-state index contributed by atoms with van der Waals surface area (Å²) in [5, 5.41) is 5.51. The fraction of sp³-hybridized carbons (Fsp3) is 0.462. The van der Waals surface area contributed by atoms with Crippen LogP contribution >= 0.6 is 0 Å². The molecular weight excluding hydrogens is 251 g/mol. The van der Waals surface area contributed by atoms with Gasteiger partial charge >= 0.3 is 0 Å². The van der Waals surface area contributed by atoms with E-state index in [0.717, 1.165) is 5.56 Å². The highest BCUT2D eigenvalue weighted by Gasteiger charge is 2.06. The summed E-state index contributed by atoms with van der Waals surface area (Å²) in [5.41, 5.74) is 0.806. The number of rotatable bonds is 8. The largest absolute Gasteiger partial charge is 0.481 e. The second kappa shape index (κ2) is 8.44. The molecule has 19 heavy (non-hydrogen) atoms. The molecule has 0 heterocycles. The van der Waals surface area contributed by atoms with Gasteiger partial charge in [0.25, 0.3) is 5.91 Å². The van der Waals surface area contributed by atoms with Crippen molar-refractivity contribution in [1.29, 1.82) is 0 Å². The van der Waals surface area contributed by atoms with E-state index in [4.69, 9.17) is 9.47 Å². The van der Waals surface area contributed by atoms with Gasteiger partial charge in [-0.05, 0) is 17.7 Å². The molecule has 1 rings (SSSR count). The molecule has 0 atom stereocenters. The van der Waals surface area contributed by atoms with Crippen molar-refractivity contribution in [3.05, 3.63) is 29.6 Å². The van der Waals surface area contributed by atoms with Crippen molar-refractivity contribution in [3.63, 3.8) is 0 Å². The fourth-order valence-corrected chi connectivity index (χ4v) is 1.39. The number of ether oxygens (including phenoxy) is 2. The summed E-state index contributed by atoms with van der Waals surface area (Å²) in [4.78, 5) is 11.0. The SMILES string of the molecule is CNC(=O)COc1ccc(CNCCOC)cc1F. The second-order valence-electron chi connectivity index (χ2n) is 3.90. The average Bonchev–Trinajstić information content (AvgIpc) is 2.42. The number of likely N-dealkylation sites (N-methyl/N-ethyl adjacent to an activating group) is 1. The van der Waals surface area contributed by atoms with Gasteiger partial charge in [-0.1, -0.05) is 6.07 Å². The highest BCUT2D eigenvalue weighted by Crippen LogP contribution is 2.18. The summed E-state index contributed by atoms with van der Waals surface area (Å²) >= 11 is 0. The van der Waals surface area contributed by atoms with Gasteiger partial charge in [0.05, 0.1) is 6.61 Å². The zero-order valence-electron chi connectivity index (χ0n) is 11.2. The molecule has 2 N–H and O–H groups in total. The van der Waals surface area contributed by atoms with Gasteiger partial charge in [-0.2, -0.15) is 0 Å². The lowest BCUT2D eigenvalue weighted by Gasteiger charge is -2.08. The third kappa shape index (κ3) is 5.67. The molecule has 0 aliphatic heterocycles. The average molecular weight is 270 g/mol. The molecule has 0 aliphatic rings. The van der Waals surface area contributed by atoms with E-state index in [2.05, 4.69) is 10.6 Å². The predicted octanol–water partition coefficient (Wildman–Crippen LogP) is 0.686. The molecule has 0 radical (unpaired) electrons. The van der Waals surface area contributed by atoms with Crippen LogP contribution in [0.25, 0.3) is 0 Å². The first-order valence-corrected chi connectivity index (χ1v) is 5.99. The topological polar surface area (TPSA) is 59.6 Å². The van der Waals surface area contributed by atoms with Crippen LogP contribution in [-0.4, -0.2) is 39.8 Å². The fourth-order valence-electron chi connectivity index (χ4n) is 1.39. The molecule has 0 bridgehead atoms. The van der Waals surface area contributed by atoms with Gasteiger partial charge in [-0.25, -0.2) is 4.39 Å². The molecule has 5 nitrogen and oxygen atoms in total. The molecule has 1 aromatic carbocycles. The van der Waals surface area contributed by atoms with Crippen LogP contribution in [-0.2, 0) is 16.1 Å². The van der Waals surface area contributed by atoms with Crippen molar-refractivity contribution in [1.82, 2.24) is 10.6 Å². The number of carbonyl (C=O) groups is 1. The number of amides is 1. The normalized spacial score (nSPS) is 10.3. The molecule has 0 aromatic heterocycles. The van der Waals surface area contributed by atoms with E-state index in [0.29, 0.717) is 19.7 Å². The van der Waals surface area contributed by atoms with Crippen molar-refractivity contribution in [3.8, 4) is 5.75 Å². The van der Waals surface area contributed by atoms with Gasteiger partial charge < -0.3 is 20.1 Å². The zero-order valence-corrected chi connectivity index (χ0v) is 11.2. The Bertz CT molecular complexity index is 413. The maximum absolute atomic E-state index is 13.7. The van der Waals surface area contributed by atoms with E-state index in [9.17, 15) is 9.18 Å². The first-order chi connectivity index (χ1) is 9.17. The molecule has 0 saturated heterocycles. The quantitative estimate of drug-likeness (QED) is 0.682. The molecule has 1 aromatic rings. The standard InChI is InChI=1S/C13H19FN2O3/c1-15-13(17)9-19-12-4-3-10(7-11(12)14)8-16-5-6-18-2/h3-4,7,16H,5-6,8-9H2,1-2H3,(H,15,17). The minimum Gasteiger partial charge on any atom is -0.481 e. The van der Waals surface area contributed by atoms with Crippen LogP contribution in [0.2, 0.25) is 0 Å². The van der Waals surface area contributed by atoms with Gasteiger partial charge in [-0.15, -0.1) is 0 Å². The first-order valence-electron chi connectivity index (χ1n) is 5.99. The molecule has 0 unspecified atom stereocenters. The monoisotopic (exact) mass is 270 g/mol. The Labute approximate surface area is 112 Å². The van der Waals surface area contributed by atoms with Crippen molar-refractivity contribution in [2.24, 2.45) is 0 Å². The van der Waals surface area contributed by atoms with Crippen LogP contribution in [0.1, 0.15) is 5.56 Å². The third-order valence-electron chi connectivity index (χ3n) is 2.45. The summed E-state index contributed by atoms with van der Waals surface area (Å²) in [5.74, 6) is -0.705. The summed E-state index contributed by atoms with van der Waals surface area (Å²) in [6.45, 7) is 1.66. The van der Waals surface area contributed by atoms with Crippen molar-refractivity contribution >= 4 is 5.91 Å². The van der Waals surface area contributed by atoms with Gasteiger partial charge in [0.15, 0.2) is 18.2 Å². The lowest BCUT2D eigenvalue weighted by atomic mass is 10.2. The Morgan fingerprint density at radius 3 is 2.84 bits per heavy atom. The molecule has 0 spiro atoms. The highest BCUT2D eigenvalue weighted by atomic mass is 19.1. The number of carbonyl (C=O) groups excluding carboxylic acids is 1. The van der Waals surface area contributed by atoms with E-state index in [1.807, 2.05) is 0 Å². The molecule has 106 valence electrons. The minimum absolute atomic E-state index is 0.0734. The van der Waals surface area contributed by atoms with Gasteiger partial charge in [0, 0.05) is 27.2 Å². The Kier molecular flexibility index (Phi) is 6.84. The maximum atomic E-state index is 13.7. The van der Waals surface area contributed by atoms with Gasteiger partial charge in [-0.3, -0.25) is 4.79 Å². The van der Waals surface area contributed by atoms with Crippen LogP contribution in [0.4, 0.5) is 4.39 Å². The lowest BCUT2D eigenvalue weighted by Crippen LogP contribution is -2.25. The zero-order chi connectivity index (χ0) is 14.1. The molecule has 0 saturated carbocycles. The summed E-state index contributed by atoms with van der Waals surface area (Å²) < 4.78 is 23.6. The van der Waals surface area contributed by atoms with E-state index in [1.165, 1.54) is 19.2 Å². The number of methoxy groups -OCH3 is 1. The molecule has 0 fully saturated rings. The summed E-state index contributed by atoms with van der Waals surface area (Å²) in [6.07, 6.45) is 0. The smallest absolute Gasteiger partial charge is 0.257 e. The minimum atomic E-state index is -0.477. The Morgan fingerprint density at radius 2 is 2.21 bits per heavy atom. The third-order valence-corrected chi connectivity index (χ3v) is 2.45. The summed E-state index contributed by atoms with van der Waals surface area (Å²) in [7, 11) is 3.12. The second-order valence-corrected chi connectivity index (χ2v) is 3.90. The highest BCUT2D eigenvalue weighted by molar-refractivity contribution is 5.77. The van der Waals surface area contributed by atoms with E-state index in [1.54, 1.807) is 13.2 Å². The van der Waals surface area contributed by atoms with Gasteiger partial charge in [0.2, 0.25) is 0 Å². The van der Waals surface area contributed by atoms with E-state index < -0.39 is 5.82 Å². The first kappa shape index (κ1) is 15.4. The number of benzene rings is 1. The van der Waals surface area contributed by atoms with Crippen LogP contribution in [0.15, 0.2) is 18.2 Å². The molecule has 1 amide bonds. The molecule has 6 heteroatoms. The lowest BCUT2D eigenvalue weighted by molar-refractivity contribution is -0.122. The van der Waals surface area contributed by atoms with Crippen LogP contribution in [0, 0.1) is 5.82 Å².